The van der Waals surface area contributed by atoms with E-state index in [1.54, 1.807) is 0 Å². The Morgan fingerprint density at radius 1 is 1.55 bits per heavy atom. The number of H-pyrrole nitrogens is 1. The standard InChI is InChI=1S/C8H15N3/c1-8(2,10)7(9)6-4-3-5-11-6/h3-5,7,11H,9-10H2,1-2H3. The molecule has 1 unspecified atom stereocenters. The van der Waals surface area contributed by atoms with Gasteiger partial charge in [0.05, 0.1) is 6.04 Å². The van der Waals surface area contributed by atoms with Crippen molar-refractivity contribution in [1.82, 2.24) is 4.98 Å². The molecule has 0 saturated carbocycles. The fourth-order valence-corrected chi connectivity index (χ4v) is 0.938. The number of rotatable bonds is 2. The molecule has 1 heterocycles. The van der Waals surface area contributed by atoms with Gasteiger partial charge in [0, 0.05) is 17.4 Å². The topological polar surface area (TPSA) is 67.8 Å². The smallest absolute Gasteiger partial charge is 0.0625 e. The molecule has 11 heavy (non-hydrogen) atoms. The van der Waals surface area contributed by atoms with Crippen LogP contribution in [0.25, 0.3) is 0 Å². The van der Waals surface area contributed by atoms with Crippen molar-refractivity contribution in [2.75, 3.05) is 0 Å². The van der Waals surface area contributed by atoms with Gasteiger partial charge < -0.3 is 16.5 Å². The molecule has 3 nitrogen and oxygen atoms in total. The normalized spacial score (nSPS) is 14.9. The zero-order valence-electron chi connectivity index (χ0n) is 6.96. The average molecular weight is 153 g/mol. The van der Waals surface area contributed by atoms with Crippen molar-refractivity contribution in [3.05, 3.63) is 24.0 Å². The van der Waals surface area contributed by atoms with Gasteiger partial charge in [-0.05, 0) is 26.0 Å². The van der Waals surface area contributed by atoms with Crippen LogP contribution in [0.5, 0.6) is 0 Å². The van der Waals surface area contributed by atoms with Gasteiger partial charge in [-0.2, -0.15) is 0 Å². The first-order valence-electron chi connectivity index (χ1n) is 3.69. The first-order valence-corrected chi connectivity index (χ1v) is 3.69. The molecule has 0 aromatic carbocycles. The van der Waals surface area contributed by atoms with E-state index in [1.165, 1.54) is 0 Å². The van der Waals surface area contributed by atoms with Crippen LogP contribution in [0.15, 0.2) is 18.3 Å². The SMILES string of the molecule is CC(C)(N)C(N)c1ccc[nH]1. The zero-order chi connectivity index (χ0) is 8.48. The number of nitrogens with two attached hydrogens (primary N) is 2. The van der Waals surface area contributed by atoms with Gasteiger partial charge in [-0.3, -0.25) is 0 Å². The van der Waals surface area contributed by atoms with E-state index < -0.39 is 0 Å². The Bertz CT molecular complexity index is 208. The highest BCUT2D eigenvalue weighted by Crippen LogP contribution is 2.18. The van der Waals surface area contributed by atoms with Crippen molar-refractivity contribution in [2.24, 2.45) is 11.5 Å². The summed E-state index contributed by atoms with van der Waals surface area (Å²) in [5.41, 5.74) is 12.3. The molecule has 0 aliphatic rings. The Kier molecular flexibility index (Phi) is 2.02. The maximum Gasteiger partial charge on any atom is 0.0625 e. The lowest BCUT2D eigenvalue weighted by Gasteiger charge is -2.25. The van der Waals surface area contributed by atoms with Crippen LogP contribution in [-0.2, 0) is 0 Å². The molecule has 1 rings (SSSR count). The summed E-state index contributed by atoms with van der Waals surface area (Å²) in [6.07, 6.45) is 1.85. The summed E-state index contributed by atoms with van der Waals surface area (Å²) >= 11 is 0. The second-order valence-corrected chi connectivity index (χ2v) is 3.42. The number of nitrogens with one attached hydrogen (secondary N) is 1. The summed E-state index contributed by atoms with van der Waals surface area (Å²) in [4.78, 5) is 3.04. The van der Waals surface area contributed by atoms with Crippen LogP contribution in [0.1, 0.15) is 25.6 Å². The summed E-state index contributed by atoms with van der Waals surface area (Å²) in [6.45, 7) is 3.83. The molecule has 1 aromatic rings. The van der Waals surface area contributed by atoms with Crippen LogP contribution in [0, 0.1) is 0 Å². The van der Waals surface area contributed by atoms with Gasteiger partial charge in [0.1, 0.15) is 0 Å². The zero-order valence-corrected chi connectivity index (χ0v) is 6.96. The predicted octanol–water partition coefficient (Wildman–Crippen LogP) is 0.752. The minimum absolute atomic E-state index is 0.127. The van der Waals surface area contributed by atoms with Crippen LogP contribution in [0.2, 0.25) is 0 Å². The lowest BCUT2D eigenvalue weighted by atomic mass is 9.94. The molecule has 1 atom stereocenters. The largest absolute Gasteiger partial charge is 0.364 e. The molecule has 62 valence electrons. The molecule has 0 saturated heterocycles. The van der Waals surface area contributed by atoms with Gasteiger partial charge >= 0.3 is 0 Å². The minimum atomic E-state index is -0.370. The van der Waals surface area contributed by atoms with Gasteiger partial charge in [0.25, 0.3) is 0 Å². The van der Waals surface area contributed by atoms with Gasteiger partial charge in [-0.25, -0.2) is 0 Å². The molecular formula is C8H15N3. The van der Waals surface area contributed by atoms with Crippen molar-refractivity contribution in [1.29, 1.82) is 0 Å². The summed E-state index contributed by atoms with van der Waals surface area (Å²) < 4.78 is 0. The van der Waals surface area contributed by atoms with Crippen LogP contribution in [0.3, 0.4) is 0 Å². The lowest BCUT2D eigenvalue weighted by molar-refractivity contribution is 0.414. The van der Waals surface area contributed by atoms with Gasteiger partial charge in [0.2, 0.25) is 0 Å². The Hall–Kier alpha value is -0.800. The molecule has 0 bridgehead atoms. The summed E-state index contributed by atoms with van der Waals surface area (Å²) in [7, 11) is 0. The fourth-order valence-electron chi connectivity index (χ4n) is 0.938. The van der Waals surface area contributed by atoms with Crippen molar-refractivity contribution in [3.63, 3.8) is 0 Å². The van der Waals surface area contributed by atoms with E-state index in [1.807, 2.05) is 32.2 Å². The van der Waals surface area contributed by atoms with Gasteiger partial charge in [-0.1, -0.05) is 0 Å². The molecule has 0 fully saturated rings. The van der Waals surface area contributed by atoms with E-state index in [4.69, 9.17) is 11.5 Å². The number of aromatic amines is 1. The van der Waals surface area contributed by atoms with E-state index in [9.17, 15) is 0 Å². The van der Waals surface area contributed by atoms with Gasteiger partial charge in [-0.15, -0.1) is 0 Å². The highest BCUT2D eigenvalue weighted by atomic mass is 14.9. The Balaban J connectivity index is 2.78. The molecular weight excluding hydrogens is 138 g/mol. The lowest BCUT2D eigenvalue weighted by Crippen LogP contribution is -2.43. The highest BCUT2D eigenvalue weighted by molar-refractivity contribution is 5.12. The Labute approximate surface area is 66.8 Å². The molecule has 0 radical (unpaired) electrons. The second kappa shape index (κ2) is 2.68. The first-order chi connectivity index (χ1) is 5.02. The molecule has 0 spiro atoms. The third kappa shape index (κ3) is 1.82. The maximum absolute atomic E-state index is 5.86. The van der Waals surface area contributed by atoms with Crippen LogP contribution in [-0.4, -0.2) is 10.5 Å². The fraction of sp³-hybridized carbons (Fsp3) is 0.500. The number of hydrogen-bond donors (Lipinski definition) is 3. The summed E-state index contributed by atoms with van der Waals surface area (Å²) in [5.74, 6) is 0. The first kappa shape index (κ1) is 8.30. The van der Waals surface area contributed by atoms with Crippen molar-refractivity contribution >= 4 is 0 Å². The molecule has 0 amide bonds. The Morgan fingerprint density at radius 3 is 2.55 bits per heavy atom. The van der Waals surface area contributed by atoms with E-state index in [2.05, 4.69) is 4.98 Å². The van der Waals surface area contributed by atoms with E-state index >= 15 is 0 Å². The molecule has 0 aliphatic heterocycles. The molecule has 3 heteroatoms. The average Bonchev–Trinajstić information content (AvgIpc) is 2.34. The van der Waals surface area contributed by atoms with Crippen LogP contribution in [0.4, 0.5) is 0 Å². The molecule has 1 aromatic heterocycles. The third-order valence-electron chi connectivity index (χ3n) is 1.76. The van der Waals surface area contributed by atoms with E-state index in [0.29, 0.717) is 0 Å². The van der Waals surface area contributed by atoms with Crippen molar-refractivity contribution in [2.45, 2.75) is 25.4 Å². The maximum atomic E-state index is 5.86. The van der Waals surface area contributed by atoms with Crippen LogP contribution >= 0.6 is 0 Å². The second-order valence-electron chi connectivity index (χ2n) is 3.42. The highest BCUT2D eigenvalue weighted by Gasteiger charge is 2.22. The minimum Gasteiger partial charge on any atom is -0.364 e. The van der Waals surface area contributed by atoms with Gasteiger partial charge in [0.15, 0.2) is 0 Å². The predicted molar refractivity (Wildman–Crippen MR) is 46.0 cm³/mol. The Morgan fingerprint density at radius 2 is 2.18 bits per heavy atom. The summed E-state index contributed by atoms with van der Waals surface area (Å²) in [5, 5.41) is 0. The van der Waals surface area contributed by atoms with Crippen molar-refractivity contribution < 1.29 is 0 Å². The molecule has 0 aliphatic carbocycles. The van der Waals surface area contributed by atoms with E-state index in [0.717, 1.165) is 5.69 Å². The monoisotopic (exact) mass is 153 g/mol. The quantitative estimate of drug-likeness (QED) is 0.587. The van der Waals surface area contributed by atoms with Crippen LogP contribution < -0.4 is 11.5 Å². The van der Waals surface area contributed by atoms with Crippen molar-refractivity contribution in [3.8, 4) is 0 Å². The third-order valence-corrected chi connectivity index (χ3v) is 1.76. The number of aromatic nitrogens is 1. The molecule has 5 N–H and O–H groups in total. The number of hydrogen-bond acceptors (Lipinski definition) is 2. The van der Waals surface area contributed by atoms with E-state index in [-0.39, 0.29) is 11.6 Å². The summed E-state index contributed by atoms with van der Waals surface area (Å²) in [6, 6.07) is 3.73.